The van der Waals surface area contributed by atoms with Gasteiger partial charge in [0.05, 0.1) is 5.56 Å². The largest absolute Gasteiger partial charge is 0.368 e. The fourth-order valence-electron chi connectivity index (χ4n) is 3.32. The van der Waals surface area contributed by atoms with Crippen LogP contribution in [0, 0.1) is 6.92 Å². The van der Waals surface area contributed by atoms with Crippen LogP contribution < -0.4 is 0 Å². The van der Waals surface area contributed by atoms with E-state index in [4.69, 9.17) is 4.74 Å². The maximum Gasteiger partial charge on any atom is 0.255 e. The third-order valence-electron chi connectivity index (χ3n) is 4.91. The van der Waals surface area contributed by atoms with Crippen molar-refractivity contribution in [3.8, 4) is 0 Å². The van der Waals surface area contributed by atoms with Crippen molar-refractivity contribution in [3.05, 3.63) is 23.5 Å². The number of amides is 2. The average molecular weight is 319 g/mol. The summed E-state index contributed by atoms with van der Waals surface area (Å²) >= 11 is 0. The fraction of sp³-hybridized carbons (Fsp3) is 0.647. The van der Waals surface area contributed by atoms with E-state index in [9.17, 15) is 9.59 Å². The molecular formula is C17H25N3O3. The molecule has 2 saturated heterocycles. The number of carbonyl (C=O) groups excluding carboxylic acids is 2. The van der Waals surface area contributed by atoms with E-state index in [0.717, 1.165) is 30.5 Å². The molecule has 1 aromatic rings. The van der Waals surface area contributed by atoms with Gasteiger partial charge in [0.1, 0.15) is 6.10 Å². The molecule has 0 saturated carbocycles. The molecular weight excluding hydrogens is 294 g/mol. The van der Waals surface area contributed by atoms with Crippen molar-refractivity contribution < 1.29 is 14.3 Å². The van der Waals surface area contributed by atoms with Crippen LogP contribution >= 0.6 is 0 Å². The third kappa shape index (κ3) is 3.27. The molecule has 1 aromatic heterocycles. The van der Waals surface area contributed by atoms with Crippen LogP contribution in [-0.2, 0) is 16.6 Å². The molecule has 0 aliphatic carbocycles. The molecule has 0 N–H and O–H groups in total. The second-order valence-electron chi connectivity index (χ2n) is 6.40. The summed E-state index contributed by atoms with van der Waals surface area (Å²) in [7, 11) is 1.94. The van der Waals surface area contributed by atoms with Gasteiger partial charge < -0.3 is 19.1 Å². The Hall–Kier alpha value is -1.82. The van der Waals surface area contributed by atoms with Gasteiger partial charge >= 0.3 is 0 Å². The van der Waals surface area contributed by atoms with Crippen LogP contribution in [-0.4, -0.2) is 65.1 Å². The summed E-state index contributed by atoms with van der Waals surface area (Å²) in [5.74, 6) is 0.155. The monoisotopic (exact) mass is 319 g/mol. The molecule has 3 heterocycles. The van der Waals surface area contributed by atoms with Crippen molar-refractivity contribution in [2.24, 2.45) is 7.05 Å². The van der Waals surface area contributed by atoms with Gasteiger partial charge in [-0.1, -0.05) is 0 Å². The fourth-order valence-corrected chi connectivity index (χ4v) is 3.32. The number of hydrogen-bond donors (Lipinski definition) is 0. The molecule has 3 rings (SSSR count). The van der Waals surface area contributed by atoms with E-state index in [1.165, 1.54) is 0 Å². The zero-order valence-corrected chi connectivity index (χ0v) is 14.0. The summed E-state index contributed by atoms with van der Waals surface area (Å²) in [6.45, 7) is 5.22. The number of ether oxygens (including phenoxy) is 1. The summed E-state index contributed by atoms with van der Waals surface area (Å²) in [5, 5.41) is 0. The summed E-state index contributed by atoms with van der Waals surface area (Å²) in [6.07, 6.45) is 4.24. The molecule has 0 radical (unpaired) electrons. The van der Waals surface area contributed by atoms with E-state index in [1.54, 1.807) is 0 Å². The predicted molar refractivity (Wildman–Crippen MR) is 86.2 cm³/mol. The van der Waals surface area contributed by atoms with Crippen LogP contribution in [0.2, 0.25) is 0 Å². The van der Waals surface area contributed by atoms with Gasteiger partial charge in [0.25, 0.3) is 11.8 Å². The highest BCUT2D eigenvalue weighted by Gasteiger charge is 2.30. The molecule has 2 fully saturated rings. The summed E-state index contributed by atoms with van der Waals surface area (Å²) in [4.78, 5) is 28.9. The lowest BCUT2D eigenvalue weighted by atomic mass is 10.2. The molecule has 1 atom stereocenters. The highest BCUT2D eigenvalue weighted by atomic mass is 16.5. The molecule has 0 unspecified atom stereocenters. The third-order valence-corrected chi connectivity index (χ3v) is 4.91. The molecule has 6 nitrogen and oxygen atoms in total. The molecule has 2 amide bonds. The van der Waals surface area contributed by atoms with Crippen LogP contribution in [0.4, 0.5) is 0 Å². The van der Waals surface area contributed by atoms with Gasteiger partial charge in [0.15, 0.2) is 0 Å². The van der Waals surface area contributed by atoms with Gasteiger partial charge in [-0.25, -0.2) is 0 Å². The van der Waals surface area contributed by atoms with Crippen molar-refractivity contribution in [1.29, 1.82) is 0 Å². The van der Waals surface area contributed by atoms with Crippen LogP contribution in [0.5, 0.6) is 0 Å². The van der Waals surface area contributed by atoms with Crippen molar-refractivity contribution in [1.82, 2.24) is 14.4 Å². The van der Waals surface area contributed by atoms with E-state index >= 15 is 0 Å². The number of rotatable bonds is 2. The smallest absolute Gasteiger partial charge is 0.255 e. The van der Waals surface area contributed by atoms with Crippen LogP contribution in [0.15, 0.2) is 12.3 Å². The first kappa shape index (κ1) is 16.1. The number of nitrogens with zero attached hydrogens (tertiary/aromatic N) is 3. The van der Waals surface area contributed by atoms with Gasteiger partial charge in [-0.2, -0.15) is 0 Å². The predicted octanol–water partition coefficient (Wildman–Crippen LogP) is 1.19. The topological polar surface area (TPSA) is 54.8 Å². The van der Waals surface area contributed by atoms with E-state index < -0.39 is 0 Å². The highest BCUT2D eigenvalue weighted by molar-refractivity contribution is 5.95. The lowest BCUT2D eigenvalue weighted by molar-refractivity contribution is -0.140. The van der Waals surface area contributed by atoms with Crippen molar-refractivity contribution in [2.75, 3.05) is 32.8 Å². The minimum atomic E-state index is -0.270. The Balaban J connectivity index is 1.63. The number of carbonyl (C=O) groups is 2. The van der Waals surface area contributed by atoms with E-state index in [1.807, 2.05) is 40.6 Å². The van der Waals surface area contributed by atoms with Crippen LogP contribution in [0.1, 0.15) is 35.3 Å². The lowest BCUT2D eigenvalue weighted by Crippen LogP contribution is -2.41. The first-order valence-electron chi connectivity index (χ1n) is 8.39. The van der Waals surface area contributed by atoms with Gasteiger partial charge in [-0.15, -0.1) is 0 Å². The zero-order chi connectivity index (χ0) is 16.4. The Labute approximate surface area is 137 Å². The Bertz CT molecular complexity index is 590. The van der Waals surface area contributed by atoms with E-state index in [2.05, 4.69) is 0 Å². The molecule has 0 aromatic carbocycles. The van der Waals surface area contributed by atoms with Crippen LogP contribution in [0.3, 0.4) is 0 Å². The lowest BCUT2D eigenvalue weighted by Gasteiger charge is -2.24. The Morgan fingerprint density at radius 3 is 2.52 bits per heavy atom. The average Bonchev–Trinajstić information content (AvgIpc) is 3.11. The molecule has 2 aliphatic rings. The Kier molecular flexibility index (Phi) is 4.71. The van der Waals surface area contributed by atoms with Crippen molar-refractivity contribution >= 4 is 11.8 Å². The number of hydrogen-bond acceptors (Lipinski definition) is 3. The molecule has 0 bridgehead atoms. The minimum absolute atomic E-state index is 0.0644. The molecule has 0 spiro atoms. The first-order chi connectivity index (χ1) is 11.1. The zero-order valence-electron chi connectivity index (χ0n) is 14.0. The quantitative estimate of drug-likeness (QED) is 0.823. The maximum atomic E-state index is 12.7. The minimum Gasteiger partial charge on any atom is -0.368 e. The van der Waals surface area contributed by atoms with Crippen LogP contribution in [0.25, 0.3) is 0 Å². The summed E-state index contributed by atoms with van der Waals surface area (Å²) in [5.41, 5.74) is 1.73. The number of aromatic nitrogens is 1. The van der Waals surface area contributed by atoms with E-state index in [-0.39, 0.29) is 17.9 Å². The van der Waals surface area contributed by atoms with Crippen molar-refractivity contribution in [3.63, 3.8) is 0 Å². The molecule has 23 heavy (non-hydrogen) atoms. The standard InChI is InChI=1S/C17H25N3O3/c1-13-14(6-9-18(13)2)16(21)19-7-4-8-20(11-10-19)17(22)15-5-3-12-23-15/h6,9,15H,3-5,7-8,10-12H2,1-2H3/t15-/m0/s1. The molecule has 2 aliphatic heterocycles. The maximum absolute atomic E-state index is 12.7. The van der Waals surface area contributed by atoms with Gasteiger partial charge in [0.2, 0.25) is 0 Å². The summed E-state index contributed by atoms with van der Waals surface area (Å²) < 4.78 is 7.45. The van der Waals surface area contributed by atoms with Crippen molar-refractivity contribution in [2.45, 2.75) is 32.3 Å². The Morgan fingerprint density at radius 1 is 1.13 bits per heavy atom. The highest BCUT2D eigenvalue weighted by Crippen LogP contribution is 2.17. The second-order valence-corrected chi connectivity index (χ2v) is 6.40. The molecule has 6 heteroatoms. The molecule has 126 valence electrons. The summed E-state index contributed by atoms with van der Waals surface area (Å²) in [6, 6.07) is 1.87. The SMILES string of the molecule is Cc1c(C(=O)N2CCCN(C(=O)[C@@H]3CCCO3)CC2)ccn1C. The number of aryl methyl sites for hydroxylation is 1. The second kappa shape index (κ2) is 6.74. The van der Waals surface area contributed by atoms with E-state index in [0.29, 0.717) is 32.8 Å². The van der Waals surface area contributed by atoms with Gasteiger partial charge in [-0.05, 0) is 32.3 Å². The first-order valence-corrected chi connectivity index (χ1v) is 8.39. The normalized spacial score (nSPS) is 22.3. The van der Waals surface area contributed by atoms with Gasteiger partial charge in [0, 0.05) is 51.7 Å². The Morgan fingerprint density at radius 2 is 1.87 bits per heavy atom. The van der Waals surface area contributed by atoms with Gasteiger partial charge in [-0.3, -0.25) is 9.59 Å².